The molecule has 2 aromatic carbocycles. The second-order valence-corrected chi connectivity index (χ2v) is 19.1. The van der Waals surface area contributed by atoms with Gasteiger partial charge in [0.2, 0.25) is 0 Å². The first kappa shape index (κ1) is 50.1. The Kier molecular flexibility index (Phi) is 15.3. The molecule has 3 aliphatic heterocycles. The number of amides is 3. The van der Waals surface area contributed by atoms with Crippen LogP contribution < -0.4 is 22.1 Å². The molecular weight excluding hydrogens is 940 g/mol. The second kappa shape index (κ2) is 20.8. The van der Waals surface area contributed by atoms with Gasteiger partial charge in [-0.05, 0) is 56.7 Å². The number of azo groups is 1. The highest BCUT2D eigenvalue weighted by atomic mass is 31.2. The molecule has 2 saturated heterocycles. The number of aromatic nitrogens is 4. The van der Waals surface area contributed by atoms with Gasteiger partial charge in [-0.15, -0.1) is 0 Å². The highest BCUT2D eigenvalue weighted by molar-refractivity contribution is 7.47. The number of urea groups is 1. The number of rotatable bonds is 17. The van der Waals surface area contributed by atoms with E-state index in [2.05, 4.69) is 40.3 Å². The summed E-state index contributed by atoms with van der Waals surface area (Å²) in [6.45, 7) is 3.15. The predicted octanol–water partition coefficient (Wildman–Crippen LogP) is 2.68. The van der Waals surface area contributed by atoms with Gasteiger partial charge in [0.15, 0.2) is 23.8 Å². The Bertz CT molecular complexity index is 2600. The molecule has 366 valence electrons. The second-order valence-electron chi connectivity index (χ2n) is 16.4. The Morgan fingerprint density at radius 3 is 2.35 bits per heavy atom. The number of hydrogen-bond donors (Lipinski definition) is 8. The normalized spacial score (nSPS) is 25.6. The number of hydrogen-bond acceptors (Lipinski definition) is 20. The molecule has 0 saturated carbocycles. The molecule has 5 heterocycles. The van der Waals surface area contributed by atoms with Gasteiger partial charge >= 0.3 is 33.7 Å². The first-order valence-corrected chi connectivity index (χ1v) is 23.7. The van der Waals surface area contributed by atoms with Gasteiger partial charge in [0.05, 0.1) is 37.1 Å². The Hall–Kier alpha value is -5.80. The largest absolute Gasteiger partial charge is 0.472 e. The van der Waals surface area contributed by atoms with Gasteiger partial charge in [-0.2, -0.15) is 10.2 Å². The Labute approximate surface area is 386 Å². The number of nitrogens with one attached hydrogen (secondary N) is 2. The van der Waals surface area contributed by atoms with Crippen molar-refractivity contribution in [3.63, 3.8) is 0 Å². The molecule has 3 aliphatic rings. The number of alkyl carbamates (subject to hydrolysis) is 1. The van der Waals surface area contributed by atoms with Crippen LogP contribution in [0.1, 0.15) is 39.0 Å². The fourth-order valence-corrected chi connectivity index (χ4v) is 8.39. The van der Waals surface area contributed by atoms with E-state index in [0.717, 1.165) is 11.2 Å². The third-order valence-electron chi connectivity index (χ3n) is 10.2. The van der Waals surface area contributed by atoms with E-state index in [9.17, 15) is 43.3 Å². The van der Waals surface area contributed by atoms with E-state index >= 15 is 0 Å². The van der Waals surface area contributed by atoms with Crippen LogP contribution >= 0.6 is 15.6 Å². The van der Waals surface area contributed by atoms with Crippen molar-refractivity contribution in [1.82, 2.24) is 35.1 Å². The zero-order valence-corrected chi connectivity index (χ0v) is 38.2. The van der Waals surface area contributed by atoms with Gasteiger partial charge < -0.3 is 60.8 Å². The number of carbonyl (C=O) groups is 3. The number of imidazole rings is 1. The summed E-state index contributed by atoms with van der Waals surface area (Å²) in [6.07, 6.45) is -7.74. The molecule has 2 fully saturated rings. The first-order chi connectivity index (χ1) is 32.1. The monoisotopic (exact) mass is 989 g/mol. The van der Waals surface area contributed by atoms with Crippen LogP contribution in [0.2, 0.25) is 0 Å². The summed E-state index contributed by atoms with van der Waals surface area (Å²) >= 11 is 0. The quantitative estimate of drug-likeness (QED) is 0.0428. The number of aliphatic hydroxyl groups excluding tert-OH is 1. The number of anilines is 1. The average molecular weight is 990 g/mol. The molecule has 10 N–H and O–H groups in total. The lowest BCUT2D eigenvalue weighted by Gasteiger charge is -2.30. The Morgan fingerprint density at radius 2 is 1.68 bits per heavy atom. The minimum atomic E-state index is -5.21. The highest BCUT2D eigenvalue weighted by Gasteiger charge is 2.51. The molecule has 0 aliphatic carbocycles. The number of benzene rings is 2. The van der Waals surface area contributed by atoms with E-state index in [1.54, 1.807) is 57.2 Å². The number of esters is 1. The zero-order valence-electron chi connectivity index (χ0n) is 36.4. The van der Waals surface area contributed by atoms with Crippen LogP contribution in [0.15, 0.2) is 89.8 Å². The fraction of sp³-hybridized carbons (Fsp3) is 0.436. The van der Waals surface area contributed by atoms with Crippen molar-refractivity contribution in [1.29, 1.82) is 0 Å². The number of phosphoric acid groups is 2. The standard InChI is InChI=1S/C39H49N11O16P2/c1-39(2,3)65-38(54)45-24(15-21-9-11-23(12-10-21)48-47-22-7-5-4-6-8-22)36(52)64-32-31(51)27(63-35(32)50-20-44-30-33(41)42-19-43-34(30)50)18-61-68(58,59)66-25-16-29(49-14-13-28(40)46-37(49)53)62-26(25)17-60-67(55,56)57/h4-14,19-20,24-29,31-32,35,51H,15-18,40H2,1-3H3,(H,45,54)(H,46,53)(H,58,59)(H2,41,42,43)(H2,55,56,57)/t24-,25-,26+,27+,28?,29+,31+,32+,35+/m0/s1. The molecule has 2 aromatic heterocycles. The number of nitrogens with two attached hydrogens (primary N) is 2. The summed E-state index contributed by atoms with van der Waals surface area (Å²) < 4.78 is 64.9. The number of nitrogen functional groups attached to an aromatic ring is 1. The third kappa shape index (κ3) is 13.0. The molecule has 27 nitrogen and oxygen atoms in total. The van der Waals surface area contributed by atoms with Crippen LogP contribution in [0.4, 0.5) is 26.8 Å². The molecule has 7 rings (SSSR count). The summed E-state index contributed by atoms with van der Waals surface area (Å²) in [5.74, 6) is -1.08. The lowest BCUT2D eigenvalue weighted by molar-refractivity contribution is -0.161. The molecule has 0 radical (unpaired) electrons. The molecular formula is C39H49N11O16P2. The molecule has 10 atom stereocenters. The molecule has 0 spiro atoms. The van der Waals surface area contributed by atoms with Crippen molar-refractivity contribution < 1.29 is 75.8 Å². The van der Waals surface area contributed by atoms with Gasteiger partial charge in [-0.3, -0.25) is 23.0 Å². The van der Waals surface area contributed by atoms with Crippen molar-refractivity contribution in [2.75, 3.05) is 18.9 Å². The minimum absolute atomic E-state index is 0.0172. The topological polar surface area (TPSA) is 379 Å². The van der Waals surface area contributed by atoms with E-state index < -0.39 is 108 Å². The Balaban J connectivity index is 1.10. The number of phosphoric ester groups is 2. The summed E-state index contributed by atoms with van der Waals surface area (Å²) in [4.78, 5) is 83.0. The van der Waals surface area contributed by atoms with Gasteiger partial charge in [0.25, 0.3) is 0 Å². The van der Waals surface area contributed by atoms with Crippen molar-refractivity contribution in [2.45, 2.75) is 94.4 Å². The zero-order chi connectivity index (χ0) is 49.0. The van der Waals surface area contributed by atoms with Crippen LogP contribution in [0.5, 0.6) is 0 Å². The van der Waals surface area contributed by atoms with Crippen LogP contribution in [0.3, 0.4) is 0 Å². The Morgan fingerprint density at radius 1 is 0.985 bits per heavy atom. The van der Waals surface area contributed by atoms with E-state index in [1.165, 1.54) is 23.2 Å². The van der Waals surface area contributed by atoms with Crippen molar-refractivity contribution in [3.05, 3.63) is 85.1 Å². The van der Waals surface area contributed by atoms with Gasteiger partial charge in [0, 0.05) is 19.0 Å². The van der Waals surface area contributed by atoms with Crippen LogP contribution in [-0.4, -0.2) is 130 Å². The number of aliphatic hydroxyl groups is 1. The minimum Gasteiger partial charge on any atom is -0.453 e. The molecule has 0 bridgehead atoms. The summed E-state index contributed by atoms with van der Waals surface area (Å²) in [7, 11) is -10.3. The van der Waals surface area contributed by atoms with Crippen LogP contribution in [0.25, 0.3) is 11.2 Å². The predicted molar refractivity (Wildman–Crippen MR) is 233 cm³/mol. The van der Waals surface area contributed by atoms with Gasteiger partial charge in [-0.1, -0.05) is 30.3 Å². The van der Waals surface area contributed by atoms with E-state index in [4.69, 9.17) is 39.5 Å². The lowest BCUT2D eigenvalue weighted by Crippen LogP contribution is -2.52. The lowest BCUT2D eigenvalue weighted by atomic mass is 10.1. The van der Waals surface area contributed by atoms with E-state index in [-0.39, 0.29) is 29.8 Å². The maximum absolute atomic E-state index is 14.2. The third-order valence-corrected chi connectivity index (χ3v) is 11.7. The maximum atomic E-state index is 14.2. The molecule has 3 amide bonds. The van der Waals surface area contributed by atoms with Crippen molar-refractivity contribution in [3.8, 4) is 0 Å². The summed E-state index contributed by atoms with van der Waals surface area (Å²) in [5, 5.41) is 25.2. The molecule has 68 heavy (non-hydrogen) atoms. The fourth-order valence-electron chi connectivity index (χ4n) is 7.08. The summed E-state index contributed by atoms with van der Waals surface area (Å²) in [6, 6.07) is 13.6. The van der Waals surface area contributed by atoms with Crippen molar-refractivity contribution in [2.24, 2.45) is 16.0 Å². The first-order valence-electron chi connectivity index (χ1n) is 20.7. The average Bonchev–Trinajstić information content (AvgIpc) is 3.96. The van der Waals surface area contributed by atoms with Gasteiger partial charge in [-0.25, -0.2) is 38.5 Å². The van der Waals surface area contributed by atoms with Crippen molar-refractivity contribution >= 4 is 62.1 Å². The van der Waals surface area contributed by atoms with Crippen LogP contribution in [-0.2, 0) is 52.9 Å². The number of fused-ring (bicyclic) bond motifs is 1. The smallest absolute Gasteiger partial charge is 0.453 e. The van der Waals surface area contributed by atoms with E-state index in [1.807, 2.05) is 18.2 Å². The maximum Gasteiger partial charge on any atom is 0.472 e. The highest BCUT2D eigenvalue weighted by Crippen LogP contribution is 2.49. The molecule has 29 heteroatoms. The number of ether oxygens (including phenoxy) is 4. The number of carbonyl (C=O) groups excluding carboxylic acids is 3. The molecule has 2 unspecified atom stereocenters. The SMILES string of the molecule is CC(C)(C)OC(=O)N[C@@H](Cc1ccc(N=Nc2ccccc2)cc1)C(=O)O[C@@H]1[C@H](O)[C@@H](COP(=O)(O)O[C@H]2C[C@H](N3C=CC(N)NC3=O)O[C@@H]2COP(=O)(O)O)O[C@H]1n1cnc2c(N)ncnc21. The van der Waals surface area contributed by atoms with Gasteiger partial charge in [0.1, 0.15) is 54.1 Å². The van der Waals surface area contributed by atoms with Crippen LogP contribution in [0, 0.1) is 0 Å². The summed E-state index contributed by atoms with van der Waals surface area (Å²) in [5.41, 5.74) is 12.7. The number of nitrogens with zero attached hydrogens (tertiary/aromatic N) is 7. The van der Waals surface area contributed by atoms with E-state index in [0.29, 0.717) is 16.9 Å². The molecule has 4 aromatic rings.